The van der Waals surface area contributed by atoms with Crippen LogP contribution in [0.1, 0.15) is 28.8 Å². The van der Waals surface area contributed by atoms with Crippen LogP contribution in [0.5, 0.6) is 0 Å². The van der Waals surface area contributed by atoms with Gasteiger partial charge < -0.3 is 14.8 Å². The Hall–Kier alpha value is -1.36. The second-order valence-corrected chi connectivity index (χ2v) is 5.17. The van der Waals surface area contributed by atoms with Crippen LogP contribution in [0.25, 0.3) is 0 Å². The minimum Gasteiger partial charge on any atom is -0.466 e. The van der Waals surface area contributed by atoms with Gasteiger partial charge in [0.05, 0.1) is 11.1 Å². The zero-order valence-corrected chi connectivity index (χ0v) is 12.2. The summed E-state index contributed by atoms with van der Waals surface area (Å²) in [5.74, 6) is 1.20. The molecule has 2 N–H and O–H groups in total. The van der Waals surface area contributed by atoms with E-state index in [1.54, 1.807) is 6.07 Å². The average Bonchev–Trinajstić information content (AvgIpc) is 2.71. The maximum Gasteiger partial charge on any atom is 0.142 e. The minimum absolute atomic E-state index is 0.0541. The molecule has 0 aliphatic heterocycles. The highest BCUT2D eigenvalue weighted by atomic mass is 35.5. The Morgan fingerprint density at radius 1 is 1.35 bits per heavy atom. The van der Waals surface area contributed by atoms with Crippen LogP contribution >= 0.6 is 11.6 Å². The van der Waals surface area contributed by atoms with E-state index in [0.29, 0.717) is 18.7 Å². The molecule has 1 unspecified atom stereocenters. The first-order valence-electron chi connectivity index (χ1n) is 6.37. The Bertz CT molecular complexity index is 598. The predicted molar refractivity (Wildman–Crippen MR) is 76.3 cm³/mol. The van der Waals surface area contributed by atoms with Crippen molar-refractivity contribution in [3.63, 3.8) is 0 Å². The zero-order chi connectivity index (χ0) is 14.7. The summed E-state index contributed by atoms with van der Waals surface area (Å²) in [5.41, 5.74) is 1.55. The predicted octanol–water partition coefficient (Wildman–Crippen LogP) is 3.51. The van der Waals surface area contributed by atoms with E-state index in [2.05, 4.69) is 5.32 Å². The van der Waals surface area contributed by atoms with Gasteiger partial charge in [0.25, 0.3) is 0 Å². The Balaban J connectivity index is 1.90. The fraction of sp³-hybridized carbons (Fsp3) is 0.333. The molecule has 0 saturated carbocycles. The number of benzene rings is 1. The second-order valence-electron chi connectivity index (χ2n) is 4.76. The van der Waals surface area contributed by atoms with Gasteiger partial charge in [-0.25, -0.2) is 4.39 Å². The van der Waals surface area contributed by atoms with Gasteiger partial charge in [-0.1, -0.05) is 17.7 Å². The van der Waals surface area contributed by atoms with E-state index in [9.17, 15) is 9.50 Å². The van der Waals surface area contributed by atoms with Crippen LogP contribution in [-0.4, -0.2) is 11.7 Å². The molecular formula is C15H17ClFNO2. The van der Waals surface area contributed by atoms with Crippen molar-refractivity contribution in [2.24, 2.45) is 0 Å². The normalized spacial score (nSPS) is 12.7. The Kier molecular flexibility index (Phi) is 4.81. The first-order valence-corrected chi connectivity index (χ1v) is 6.75. The van der Waals surface area contributed by atoms with Gasteiger partial charge in [0.2, 0.25) is 0 Å². The summed E-state index contributed by atoms with van der Waals surface area (Å²) < 4.78 is 18.7. The van der Waals surface area contributed by atoms with Crippen molar-refractivity contribution in [2.45, 2.75) is 26.5 Å². The van der Waals surface area contributed by atoms with Gasteiger partial charge in [-0.15, -0.1) is 0 Å². The number of aryl methyl sites for hydroxylation is 2. The number of aliphatic hydroxyl groups is 1. The highest BCUT2D eigenvalue weighted by Gasteiger charge is 2.11. The molecule has 0 aliphatic rings. The summed E-state index contributed by atoms with van der Waals surface area (Å²) in [6.45, 7) is 4.71. The van der Waals surface area contributed by atoms with E-state index in [1.165, 1.54) is 12.1 Å². The maximum absolute atomic E-state index is 13.3. The summed E-state index contributed by atoms with van der Waals surface area (Å²) in [4.78, 5) is 0. The van der Waals surface area contributed by atoms with Gasteiger partial charge in [-0.2, -0.15) is 0 Å². The van der Waals surface area contributed by atoms with Crippen LogP contribution in [-0.2, 0) is 6.54 Å². The Labute approximate surface area is 122 Å². The molecular weight excluding hydrogens is 281 g/mol. The first-order chi connectivity index (χ1) is 9.47. The van der Waals surface area contributed by atoms with Gasteiger partial charge in [-0.05, 0) is 37.6 Å². The molecule has 0 aliphatic carbocycles. The molecule has 1 aromatic heterocycles. The third-order valence-electron chi connectivity index (χ3n) is 3.13. The number of furan rings is 1. The Morgan fingerprint density at radius 2 is 2.10 bits per heavy atom. The smallest absolute Gasteiger partial charge is 0.142 e. The molecule has 0 spiro atoms. The van der Waals surface area contributed by atoms with Crippen LogP contribution in [0.3, 0.4) is 0 Å². The number of rotatable bonds is 5. The summed E-state index contributed by atoms with van der Waals surface area (Å²) in [7, 11) is 0. The van der Waals surface area contributed by atoms with Crippen LogP contribution in [0.2, 0.25) is 5.02 Å². The molecule has 1 heterocycles. The summed E-state index contributed by atoms with van der Waals surface area (Å²) in [5, 5.41) is 13.2. The third-order valence-corrected chi connectivity index (χ3v) is 3.43. The lowest BCUT2D eigenvalue weighted by Gasteiger charge is -2.12. The van der Waals surface area contributed by atoms with E-state index < -0.39 is 11.9 Å². The lowest BCUT2D eigenvalue weighted by molar-refractivity contribution is 0.174. The lowest BCUT2D eigenvalue weighted by atomic mass is 10.1. The average molecular weight is 298 g/mol. The summed E-state index contributed by atoms with van der Waals surface area (Å²) in [6, 6.07) is 6.27. The summed E-state index contributed by atoms with van der Waals surface area (Å²) >= 11 is 5.61. The van der Waals surface area contributed by atoms with Crippen molar-refractivity contribution in [3.05, 3.63) is 57.8 Å². The van der Waals surface area contributed by atoms with Crippen LogP contribution in [0.4, 0.5) is 4.39 Å². The molecule has 0 saturated heterocycles. The topological polar surface area (TPSA) is 45.4 Å². The highest BCUT2D eigenvalue weighted by Crippen LogP contribution is 2.20. The third kappa shape index (κ3) is 3.60. The van der Waals surface area contributed by atoms with E-state index in [4.69, 9.17) is 16.0 Å². The van der Waals surface area contributed by atoms with Gasteiger partial charge in [0.1, 0.15) is 17.3 Å². The SMILES string of the molecule is Cc1cc(CNCC(O)c2ccc(Cl)c(F)c2)c(C)o1. The van der Waals surface area contributed by atoms with E-state index >= 15 is 0 Å². The second kappa shape index (κ2) is 6.39. The van der Waals surface area contributed by atoms with Gasteiger partial charge in [-0.3, -0.25) is 0 Å². The molecule has 5 heteroatoms. The van der Waals surface area contributed by atoms with Gasteiger partial charge in [0.15, 0.2) is 0 Å². The number of hydrogen-bond donors (Lipinski definition) is 2. The molecule has 1 aromatic carbocycles. The van der Waals surface area contributed by atoms with E-state index in [1.807, 2.05) is 19.9 Å². The molecule has 0 radical (unpaired) electrons. The molecule has 20 heavy (non-hydrogen) atoms. The number of aliphatic hydroxyl groups excluding tert-OH is 1. The molecule has 108 valence electrons. The van der Waals surface area contributed by atoms with Crippen molar-refractivity contribution < 1.29 is 13.9 Å². The van der Waals surface area contributed by atoms with Gasteiger partial charge >= 0.3 is 0 Å². The highest BCUT2D eigenvalue weighted by molar-refractivity contribution is 6.30. The van der Waals surface area contributed by atoms with Crippen molar-refractivity contribution in [1.29, 1.82) is 0 Å². The quantitative estimate of drug-likeness (QED) is 0.887. The van der Waals surface area contributed by atoms with Crippen molar-refractivity contribution >= 4 is 11.6 Å². The minimum atomic E-state index is -0.782. The standard InChI is InChI=1S/C15H17ClFNO2/c1-9-5-12(10(2)20-9)7-18-8-15(19)11-3-4-13(16)14(17)6-11/h3-6,15,18-19H,7-8H2,1-2H3. The number of halogens is 2. The fourth-order valence-corrected chi connectivity index (χ4v) is 2.16. The molecule has 0 amide bonds. The van der Waals surface area contributed by atoms with Crippen molar-refractivity contribution in [3.8, 4) is 0 Å². The van der Waals surface area contributed by atoms with Crippen LogP contribution in [0.15, 0.2) is 28.7 Å². The number of nitrogens with one attached hydrogen (secondary N) is 1. The fourth-order valence-electron chi connectivity index (χ4n) is 2.04. The molecule has 2 aromatic rings. The number of hydrogen-bond acceptors (Lipinski definition) is 3. The van der Waals surface area contributed by atoms with E-state index in [0.717, 1.165) is 17.1 Å². The molecule has 0 fully saturated rings. The van der Waals surface area contributed by atoms with E-state index in [-0.39, 0.29) is 5.02 Å². The lowest BCUT2D eigenvalue weighted by Crippen LogP contribution is -2.21. The monoisotopic (exact) mass is 297 g/mol. The molecule has 1 atom stereocenters. The molecule has 2 rings (SSSR count). The largest absolute Gasteiger partial charge is 0.466 e. The maximum atomic E-state index is 13.3. The van der Waals surface area contributed by atoms with Crippen LogP contribution < -0.4 is 5.32 Å². The van der Waals surface area contributed by atoms with Gasteiger partial charge in [0, 0.05) is 18.7 Å². The first kappa shape index (κ1) is 15.0. The van der Waals surface area contributed by atoms with Crippen molar-refractivity contribution in [2.75, 3.05) is 6.54 Å². The van der Waals surface area contributed by atoms with Crippen molar-refractivity contribution in [1.82, 2.24) is 5.32 Å². The zero-order valence-electron chi connectivity index (χ0n) is 11.4. The molecule has 3 nitrogen and oxygen atoms in total. The summed E-state index contributed by atoms with van der Waals surface area (Å²) in [6.07, 6.45) is -0.782. The Morgan fingerprint density at radius 3 is 2.70 bits per heavy atom. The molecule has 0 bridgehead atoms. The van der Waals surface area contributed by atoms with Crippen LogP contribution in [0, 0.1) is 19.7 Å².